The van der Waals surface area contributed by atoms with Crippen molar-refractivity contribution in [3.05, 3.63) is 58.9 Å². The van der Waals surface area contributed by atoms with Crippen LogP contribution in [0.15, 0.2) is 30.6 Å². The second kappa shape index (κ2) is 11.8. The van der Waals surface area contributed by atoms with Crippen LogP contribution in [0.2, 0.25) is 0 Å². The van der Waals surface area contributed by atoms with E-state index in [2.05, 4.69) is 20.7 Å². The largest absolute Gasteiger partial charge is 0.493 e. The summed E-state index contributed by atoms with van der Waals surface area (Å²) in [5.74, 6) is 0.800. The van der Waals surface area contributed by atoms with Gasteiger partial charge < -0.3 is 20.1 Å². The first-order valence-electron chi connectivity index (χ1n) is 13.5. The van der Waals surface area contributed by atoms with Gasteiger partial charge in [0.2, 0.25) is 5.95 Å². The first-order valence-corrected chi connectivity index (χ1v) is 13.5. The second-order valence-electron chi connectivity index (χ2n) is 10.3. The summed E-state index contributed by atoms with van der Waals surface area (Å²) in [5, 5.41) is 19.6. The number of ether oxygens (including phenoxy) is 2. The Morgan fingerprint density at radius 3 is 2.76 bits per heavy atom. The van der Waals surface area contributed by atoms with Gasteiger partial charge in [-0.15, -0.1) is 0 Å². The van der Waals surface area contributed by atoms with E-state index >= 15 is 0 Å². The number of rotatable bonds is 6. The molecule has 0 bridgehead atoms. The highest BCUT2D eigenvalue weighted by Crippen LogP contribution is 2.32. The Balaban J connectivity index is 0.00000189. The minimum absolute atomic E-state index is 0.184. The molecule has 4 aromatic rings. The van der Waals surface area contributed by atoms with Crippen LogP contribution in [0.3, 0.4) is 0 Å². The highest BCUT2D eigenvalue weighted by molar-refractivity contribution is 5.77. The molecule has 1 aliphatic heterocycles. The third kappa shape index (κ3) is 6.24. The topological polar surface area (TPSA) is 131 Å². The summed E-state index contributed by atoms with van der Waals surface area (Å²) in [7, 11) is 1.73. The number of carbonyl (C=O) groups excluding carboxylic acids is 1. The van der Waals surface area contributed by atoms with Crippen LogP contribution in [0.1, 0.15) is 70.1 Å². The van der Waals surface area contributed by atoms with Crippen molar-refractivity contribution in [1.82, 2.24) is 29.5 Å². The molecular weight excluding hydrogens is 527 g/mol. The van der Waals surface area contributed by atoms with Crippen molar-refractivity contribution in [2.45, 2.75) is 66.2 Å². The number of alkyl carbamates (subject to hydrolysis) is 1. The van der Waals surface area contributed by atoms with Gasteiger partial charge in [-0.05, 0) is 39.8 Å². The zero-order valence-corrected chi connectivity index (χ0v) is 24.4. The molecule has 0 aliphatic carbocycles. The van der Waals surface area contributed by atoms with E-state index in [1.165, 1.54) is 6.07 Å². The summed E-state index contributed by atoms with van der Waals surface area (Å²) in [6.07, 6.45) is 3.46. The van der Waals surface area contributed by atoms with Crippen molar-refractivity contribution in [3.63, 3.8) is 0 Å². The van der Waals surface area contributed by atoms with Gasteiger partial charge in [-0.25, -0.2) is 19.2 Å². The number of amides is 1. The van der Waals surface area contributed by atoms with Gasteiger partial charge in [0.1, 0.15) is 23.2 Å². The summed E-state index contributed by atoms with van der Waals surface area (Å²) in [6, 6.07) is 6.26. The van der Waals surface area contributed by atoms with Crippen molar-refractivity contribution in [1.29, 1.82) is 5.26 Å². The van der Waals surface area contributed by atoms with Crippen molar-refractivity contribution in [2.75, 3.05) is 11.9 Å². The molecule has 216 valence electrons. The van der Waals surface area contributed by atoms with Crippen LogP contribution < -0.4 is 15.4 Å². The predicted molar refractivity (Wildman–Crippen MR) is 152 cm³/mol. The molecule has 3 aromatic heterocycles. The van der Waals surface area contributed by atoms with Crippen LogP contribution in [-0.4, -0.2) is 42.5 Å². The summed E-state index contributed by atoms with van der Waals surface area (Å²) >= 11 is 0. The van der Waals surface area contributed by atoms with E-state index in [-0.39, 0.29) is 18.1 Å². The van der Waals surface area contributed by atoms with Crippen molar-refractivity contribution in [3.8, 4) is 23.1 Å². The maximum absolute atomic E-state index is 14.8. The molecule has 1 aliphatic rings. The number of halogens is 1. The number of nitriles is 1. The lowest BCUT2D eigenvalue weighted by Crippen LogP contribution is -2.34. The highest BCUT2D eigenvalue weighted by atomic mass is 19.1. The summed E-state index contributed by atoms with van der Waals surface area (Å²) in [5.41, 5.74) is 3.33. The lowest BCUT2D eigenvalue weighted by molar-refractivity contribution is 0.0507. The molecule has 0 saturated carbocycles. The number of hydrogen-bond acceptors (Lipinski definition) is 8. The van der Waals surface area contributed by atoms with Crippen molar-refractivity contribution in [2.24, 2.45) is 7.05 Å². The molecular formula is C29H35FN8O3. The molecule has 1 amide bonds. The monoisotopic (exact) mass is 562 g/mol. The summed E-state index contributed by atoms with van der Waals surface area (Å²) in [4.78, 5) is 21.8. The number of aromatic nitrogens is 5. The van der Waals surface area contributed by atoms with E-state index < -0.39 is 17.7 Å². The molecule has 41 heavy (non-hydrogen) atoms. The van der Waals surface area contributed by atoms with Crippen molar-refractivity contribution >= 4 is 17.7 Å². The molecule has 0 fully saturated rings. The second-order valence-corrected chi connectivity index (χ2v) is 10.3. The summed E-state index contributed by atoms with van der Waals surface area (Å²) in [6.45, 7) is 11.9. The number of imidazole rings is 1. The van der Waals surface area contributed by atoms with E-state index in [9.17, 15) is 14.4 Å². The van der Waals surface area contributed by atoms with Gasteiger partial charge in [0.25, 0.3) is 0 Å². The SMILES string of the molecule is CC.CC(NC(=O)OC(C)(C)C)c1cn2c(NCc3c(F)ccc4c3CCO4)ncc(-c3cc(C#N)nn3C)c2n1. The Bertz CT molecular complexity index is 1610. The fourth-order valence-electron chi connectivity index (χ4n) is 4.52. The van der Waals surface area contributed by atoms with E-state index in [1.54, 1.807) is 68.4 Å². The van der Waals surface area contributed by atoms with E-state index in [0.717, 1.165) is 5.56 Å². The number of fused-ring (bicyclic) bond motifs is 2. The molecule has 2 N–H and O–H groups in total. The van der Waals surface area contributed by atoms with Crippen LogP contribution in [0, 0.1) is 17.1 Å². The molecule has 0 saturated heterocycles. The molecule has 0 radical (unpaired) electrons. The number of carbonyl (C=O) groups is 1. The minimum Gasteiger partial charge on any atom is -0.493 e. The molecule has 0 spiro atoms. The van der Waals surface area contributed by atoms with Gasteiger partial charge in [-0.2, -0.15) is 10.4 Å². The third-order valence-corrected chi connectivity index (χ3v) is 6.32. The van der Waals surface area contributed by atoms with Crippen LogP contribution >= 0.6 is 0 Å². The van der Waals surface area contributed by atoms with Gasteiger partial charge in [-0.1, -0.05) is 13.8 Å². The van der Waals surface area contributed by atoms with Gasteiger partial charge in [0.15, 0.2) is 11.3 Å². The lowest BCUT2D eigenvalue weighted by Gasteiger charge is -2.21. The molecule has 5 rings (SSSR count). The lowest BCUT2D eigenvalue weighted by atomic mass is 10.0. The Hall–Kier alpha value is -4.66. The van der Waals surface area contributed by atoms with E-state index in [1.807, 2.05) is 19.9 Å². The van der Waals surface area contributed by atoms with E-state index in [0.29, 0.717) is 52.9 Å². The smallest absolute Gasteiger partial charge is 0.408 e. The number of nitrogens with zero attached hydrogens (tertiary/aromatic N) is 6. The molecule has 11 nitrogen and oxygen atoms in total. The molecule has 1 atom stereocenters. The normalized spacial score (nSPS) is 13.0. The highest BCUT2D eigenvalue weighted by Gasteiger charge is 2.23. The standard InChI is InChI=1S/C27H29FN8O3.C2H6/c1-15(32-26(37)39-27(2,3)4)21-14-36-24(33-21)19(22-10-16(11-29)34-35(22)5)13-31-25(36)30-12-18-17-8-9-38-23(17)7-6-20(18)28;1-2/h6-7,10,13-15H,8-9,12H2,1-5H3,(H,30,31)(H,32,37);1-2H3. The van der Waals surface area contributed by atoms with Gasteiger partial charge in [0, 0.05) is 49.6 Å². The molecule has 4 heterocycles. The van der Waals surface area contributed by atoms with Gasteiger partial charge in [-0.3, -0.25) is 9.08 Å². The van der Waals surface area contributed by atoms with Crippen LogP contribution in [0.25, 0.3) is 16.9 Å². The number of hydrogen-bond donors (Lipinski definition) is 2. The van der Waals surface area contributed by atoms with Gasteiger partial charge >= 0.3 is 6.09 Å². The Morgan fingerprint density at radius 2 is 2.07 bits per heavy atom. The van der Waals surface area contributed by atoms with Crippen LogP contribution in [0.4, 0.5) is 15.1 Å². The minimum atomic E-state index is -0.646. The number of nitrogens with one attached hydrogen (secondary N) is 2. The zero-order valence-electron chi connectivity index (χ0n) is 24.4. The van der Waals surface area contributed by atoms with Crippen LogP contribution in [0.5, 0.6) is 5.75 Å². The Labute approximate surface area is 238 Å². The first-order chi connectivity index (χ1) is 19.5. The summed E-state index contributed by atoms with van der Waals surface area (Å²) < 4.78 is 29.1. The predicted octanol–water partition coefficient (Wildman–Crippen LogP) is 5.30. The molecule has 1 unspecified atom stereocenters. The fourth-order valence-corrected chi connectivity index (χ4v) is 4.52. The van der Waals surface area contributed by atoms with Crippen molar-refractivity contribution < 1.29 is 18.7 Å². The average molecular weight is 563 g/mol. The first kappa shape index (κ1) is 29.3. The Kier molecular flexibility index (Phi) is 8.47. The quantitative estimate of drug-likeness (QED) is 0.324. The van der Waals surface area contributed by atoms with Gasteiger partial charge in [0.05, 0.1) is 29.6 Å². The van der Waals surface area contributed by atoms with E-state index in [4.69, 9.17) is 14.5 Å². The number of benzene rings is 1. The van der Waals surface area contributed by atoms with Crippen LogP contribution in [-0.2, 0) is 24.8 Å². The third-order valence-electron chi connectivity index (χ3n) is 6.32. The number of aryl methyl sites for hydroxylation is 1. The Morgan fingerprint density at radius 1 is 1.32 bits per heavy atom. The maximum Gasteiger partial charge on any atom is 0.408 e. The zero-order chi connectivity index (χ0) is 29.9. The fraction of sp³-hybridized carbons (Fsp3) is 0.414. The molecule has 12 heteroatoms. The maximum atomic E-state index is 14.8. The molecule has 1 aromatic carbocycles. The average Bonchev–Trinajstić information content (AvgIpc) is 3.66. The number of anilines is 1.